The number of para-hydroxylation sites is 1. The highest BCUT2D eigenvalue weighted by molar-refractivity contribution is 7.92. The van der Waals surface area contributed by atoms with Crippen LogP contribution in [0.5, 0.6) is 11.6 Å². The van der Waals surface area contributed by atoms with Crippen molar-refractivity contribution in [3.05, 3.63) is 77.1 Å². The van der Waals surface area contributed by atoms with Gasteiger partial charge in [-0.3, -0.25) is 4.68 Å². The summed E-state index contributed by atoms with van der Waals surface area (Å²) in [7, 11) is -2.28. The predicted octanol–water partition coefficient (Wildman–Crippen LogP) is 5.52. The van der Waals surface area contributed by atoms with E-state index >= 15 is 0 Å². The van der Waals surface area contributed by atoms with E-state index in [1.54, 1.807) is 7.05 Å². The van der Waals surface area contributed by atoms with Gasteiger partial charge in [0.05, 0.1) is 11.9 Å². The third-order valence-electron chi connectivity index (χ3n) is 6.13. The third kappa shape index (κ3) is 4.64. The van der Waals surface area contributed by atoms with Crippen molar-refractivity contribution in [1.29, 1.82) is 0 Å². The number of benzene rings is 2. The Hall–Kier alpha value is -3.72. The van der Waals surface area contributed by atoms with E-state index in [0.29, 0.717) is 17.3 Å². The SMILES string of the molecule is Cc1ccccc1Oc1nc(NS(=O)(=O)c2cnn(C)c2)nc(-c2c(C)cccc2C)c1C1CC1.[HH]. The van der Waals surface area contributed by atoms with Crippen LogP contribution in [0.15, 0.2) is 59.8 Å². The zero-order valence-electron chi connectivity index (χ0n) is 20.1. The molecule has 2 aromatic carbocycles. The van der Waals surface area contributed by atoms with E-state index in [4.69, 9.17) is 9.72 Å². The maximum absolute atomic E-state index is 13.1. The molecule has 35 heavy (non-hydrogen) atoms. The Balaban J connectivity index is 0.00000304. The van der Waals surface area contributed by atoms with Gasteiger partial charge in [0, 0.05) is 25.8 Å². The Morgan fingerprint density at radius 3 is 2.31 bits per heavy atom. The van der Waals surface area contributed by atoms with Gasteiger partial charge in [0.2, 0.25) is 11.8 Å². The fourth-order valence-electron chi connectivity index (χ4n) is 4.18. The minimum absolute atomic E-state index is 0. The first-order valence-electron chi connectivity index (χ1n) is 11.5. The van der Waals surface area contributed by atoms with Crippen molar-refractivity contribution in [2.24, 2.45) is 7.05 Å². The molecule has 0 aliphatic heterocycles. The van der Waals surface area contributed by atoms with Crippen LogP contribution in [0.1, 0.15) is 42.4 Å². The van der Waals surface area contributed by atoms with E-state index in [0.717, 1.165) is 40.7 Å². The topological polar surface area (TPSA) is 99.0 Å². The summed E-state index contributed by atoms with van der Waals surface area (Å²) in [5.41, 5.74) is 5.63. The molecule has 0 unspecified atom stereocenters. The van der Waals surface area contributed by atoms with Crippen LogP contribution in [0.3, 0.4) is 0 Å². The van der Waals surface area contributed by atoms with Crippen LogP contribution in [0, 0.1) is 20.8 Å². The van der Waals surface area contributed by atoms with E-state index in [1.807, 2.05) is 63.2 Å². The van der Waals surface area contributed by atoms with Crippen molar-refractivity contribution < 1.29 is 14.6 Å². The number of hydrogen-bond acceptors (Lipinski definition) is 6. The number of aryl methyl sites for hydroxylation is 4. The Labute approximate surface area is 206 Å². The van der Waals surface area contributed by atoms with Crippen molar-refractivity contribution in [3.63, 3.8) is 0 Å². The number of ether oxygens (including phenoxy) is 1. The molecule has 1 saturated carbocycles. The van der Waals surface area contributed by atoms with Crippen LogP contribution in [-0.4, -0.2) is 28.2 Å². The van der Waals surface area contributed by atoms with Crippen molar-refractivity contribution >= 4 is 16.0 Å². The first-order chi connectivity index (χ1) is 16.7. The average molecular weight is 492 g/mol. The van der Waals surface area contributed by atoms with Crippen molar-refractivity contribution in [1.82, 2.24) is 19.7 Å². The monoisotopic (exact) mass is 491 g/mol. The molecule has 8 nitrogen and oxygen atoms in total. The molecule has 0 amide bonds. The number of aromatic nitrogens is 4. The molecule has 2 heterocycles. The van der Waals surface area contributed by atoms with Crippen LogP contribution < -0.4 is 9.46 Å². The molecule has 1 fully saturated rings. The summed E-state index contributed by atoms with van der Waals surface area (Å²) in [6.45, 7) is 6.02. The first-order valence-corrected chi connectivity index (χ1v) is 12.9. The largest absolute Gasteiger partial charge is 0.438 e. The summed E-state index contributed by atoms with van der Waals surface area (Å²) in [4.78, 5) is 9.37. The van der Waals surface area contributed by atoms with Crippen LogP contribution in [-0.2, 0) is 17.1 Å². The van der Waals surface area contributed by atoms with Gasteiger partial charge in [0.1, 0.15) is 10.6 Å². The third-order valence-corrected chi connectivity index (χ3v) is 7.41. The van der Waals surface area contributed by atoms with Crippen LogP contribution in [0.4, 0.5) is 5.95 Å². The molecular formula is C26H29N5O3S. The fourth-order valence-corrected chi connectivity index (χ4v) is 5.11. The van der Waals surface area contributed by atoms with E-state index in [9.17, 15) is 8.42 Å². The maximum atomic E-state index is 13.1. The van der Waals surface area contributed by atoms with Crippen molar-refractivity contribution in [2.75, 3.05) is 4.72 Å². The zero-order chi connectivity index (χ0) is 24.7. The number of hydrogen-bond donors (Lipinski definition) is 1. The lowest BCUT2D eigenvalue weighted by atomic mass is 9.95. The number of nitrogens with zero attached hydrogens (tertiary/aromatic N) is 4. The van der Waals surface area contributed by atoms with Gasteiger partial charge in [-0.2, -0.15) is 10.1 Å². The second kappa shape index (κ2) is 8.81. The average Bonchev–Trinajstić information content (AvgIpc) is 3.53. The Morgan fingerprint density at radius 1 is 1.00 bits per heavy atom. The lowest BCUT2D eigenvalue weighted by Gasteiger charge is -2.19. The minimum Gasteiger partial charge on any atom is -0.438 e. The molecule has 4 aromatic rings. The highest BCUT2D eigenvalue weighted by Gasteiger charge is 2.34. The van der Waals surface area contributed by atoms with E-state index in [1.165, 1.54) is 17.1 Å². The van der Waals surface area contributed by atoms with Gasteiger partial charge < -0.3 is 4.74 Å². The summed E-state index contributed by atoms with van der Waals surface area (Å²) in [5.74, 6) is 1.26. The number of anilines is 1. The van der Waals surface area contributed by atoms with Gasteiger partial charge in [0.15, 0.2) is 0 Å². The Morgan fingerprint density at radius 2 is 1.69 bits per heavy atom. The summed E-state index contributed by atoms with van der Waals surface area (Å²) >= 11 is 0. The van der Waals surface area contributed by atoms with Crippen molar-refractivity contribution in [3.8, 4) is 22.9 Å². The molecule has 0 radical (unpaired) electrons. The quantitative estimate of drug-likeness (QED) is 0.365. The van der Waals surface area contributed by atoms with E-state index in [2.05, 4.69) is 14.8 Å². The van der Waals surface area contributed by atoms with Crippen molar-refractivity contribution in [2.45, 2.75) is 44.4 Å². The van der Waals surface area contributed by atoms with Crippen LogP contribution in [0.25, 0.3) is 11.3 Å². The molecule has 0 atom stereocenters. The molecule has 1 N–H and O–H groups in total. The molecule has 0 spiro atoms. The van der Waals surface area contributed by atoms with Gasteiger partial charge in [-0.05, 0) is 62.3 Å². The standard InChI is InChI=1S/C26H27N5O3S.H2/c1-16-8-5-6-11-21(16)34-25-23(19-12-13-19)24(22-17(2)9-7-10-18(22)3)28-26(29-25)30-35(32,33)20-14-27-31(4)15-20;/h5-11,14-15,19H,12-13H2,1-4H3,(H,28,29,30);1H. The lowest BCUT2D eigenvalue weighted by Crippen LogP contribution is -2.16. The Bertz CT molecular complexity index is 1510. The number of nitrogens with one attached hydrogen (secondary N) is 1. The second-order valence-corrected chi connectivity index (χ2v) is 10.7. The summed E-state index contributed by atoms with van der Waals surface area (Å²) in [6.07, 6.45) is 4.73. The molecule has 5 rings (SSSR count). The smallest absolute Gasteiger partial charge is 0.267 e. The van der Waals surface area contributed by atoms with Gasteiger partial charge in [-0.1, -0.05) is 36.4 Å². The van der Waals surface area contributed by atoms with Gasteiger partial charge >= 0.3 is 0 Å². The highest BCUT2D eigenvalue weighted by atomic mass is 32.2. The molecule has 2 aromatic heterocycles. The minimum atomic E-state index is -3.94. The molecule has 182 valence electrons. The first kappa shape index (κ1) is 23.0. The molecule has 1 aliphatic carbocycles. The van der Waals surface area contributed by atoms with Gasteiger partial charge in [-0.15, -0.1) is 0 Å². The molecule has 9 heteroatoms. The van der Waals surface area contributed by atoms with Gasteiger partial charge in [-0.25, -0.2) is 18.1 Å². The summed E-state index contributed by atoms with van der Waals surface area (Å²) in [6, 6.07) is 13.8. The van der Waals surface area contributed by atoms with Crippen LogP contribution >= 0.6 is 0 Å². The normalized spacial score (nSPS) is 13.6. The molecular weight excluding hydrogens is 462 g/mol. The number of sulfonamides is 1. The second-order valence-electron chi connectivity index (χ2n) is 8.98. The highest BCUT2D eigenvalue weighted by Crippen LogP contribution is 2.49. The number of rotatable bonds is 7. The summed E-state index contributed by atoms with van der Waals surface area (Å²) < 4.78 is 36.5. The lowest BCUT2D eigenvalue weighted by molar-refractivity contribution is 0.453. The Kier molecular flexibility index (Phi) is 5.80. The fraction of sp³-hybridized carbons (Fsp3) is 0.269. The molecule has 0 bridgehead atoms. The van der Waals surface area contributed by atoms with E-state index in [-0.39, 0.29) is 18.2 Å². The molecule has 1 aliphatic rings. The zero-order valence-corrected chi connectivity index (χ0v) is 20.9. The van der Waals surface area contributed by atoms with Gasteiger partial charge in [0.25, 0.3) is 10.0 Å². The predicted molar refractivity (Wildman–Crippen MR) is 136 cm³/mol. The summed E-state index contributed by atoms with van der Waals surface area (Å²) in [5, 5.41) is 3.97. The van der Waals surface area contributed by atoms with Crippen LogP contribution in [0.2, 0.25) is 0 Å². The molecule has 0 saturated heterocycles. The maximum Gasteiger partial charge on any atom is 0.267 e. The van der Waals surface area contributed by atoms with E-state index < -0.39 is 10.0 Å².